The van der Waals surface area contributed by atoms with Gasteiger partial charge < -0.3 is 19.9 Å². The van der Waals surface area contributed by atoms with Gasteiger partial charge in [-0.2, -0.15) is 0 Å². The first-order valence-electron chi connectivity index (χ1n) is 4.99. The van der Waals surface area contributed by atoms with Gasteiger partial charge in [-0.1, -0.05) is 12.7 Å². The summed E-state index contributed by atoms with van der Waals surface area (Å²) in [7, 11) is 0. The standard InChI is InChI=1S/C10H15NO5/c1-2-5-15-9(14)11-7-10(8(12)13)4-3-6-16-10/h2H,1,3-7H2,(H,11,14)(H,12,13). The molecule has 0 radical (unpaired) electrons. The normalized spacial score (nSPS) is 23.8. The molecule has 0 aromatic carbocycles. The van der Waals surface area contributed by atoms with Crippen molar-refractivity contribution in [3.8, 4) is 0 Å². The minimum absolute atomic E-state index is 0.0850. The average Bonchev–Trinajstić information content (AvgIpc) is 2.73. The van der Waals surface area contributed by atoms with Gasteiger partial charge in [0.25, 0.3) is 0 Å². The smallest absolute Gasteiger partial charge is 0.407 e. The summed E-state index contributed by atoms with van der Waals surface area (Å²) in [6.07, 6.45) is 1.83. The summed E-state index contributed by atoms with van der Waals surface area (Å²) in [6, 6.07) is 0. The van der Waals surface area contributed by atoms with Crippen molar-refractivity contribution in [2.45, 2.75) is 18.4 Å². The van der Waals surface area contributed by atoms with Crippen LogP contribution in [0.1, 0.15) is 12.8 Å². The van der Waals surface area contributed by atoms with Crippen molar-refractivity contribution in [3.05, 3.63) is 12.7 Å². The Morgan fingerprint density at radius 2 is 2.38 bits per heavy atom. The number of nitrogens with one attached hydrogen (secondary N) is 1. The Morgan fingerprint density at radius 3 is 2.88 bits per heavy atom. The van der Waals surface area contributed by atoms with Gasteiger partial charge in [-0.25, -0.2) is 9.59 Å². The number of carbonyl (C=O) groups is 2. The lowest BCUT2D eigenvalue weighted by Gasteiger charge is -2.23. The summed E-state index contributed by atoms with van der Waals surface area (Å²) < 4.78 is 9.83. The van der Waals surface area contributed by atoms with Crippen LogP contribution in [0.15, 0.2) is 12.7 Å². The molecule has 1 atom stereocenters. The molecule has 1 fully saturated rings. The van der Waals surface area contributed by atoms with Crippen LogP contribution in [0, 0.1) is 0 Å². The van der Waals surface area contributed by atoms with E-state index in [0.717, 1.165) is 0 Å². The minimum atomic E-state index is -1.30. The van der Waals surface area contributed by atoms with Gasteiger partial charge in [0.2, 0.25) is 0 Å². The highest BCUT2D eigenvalue weighted by molar-refractivity contribution is 5.79. The van der Waals surface area contributed by atoms with Gasteiger partial charge in [0, 0.05) is 6.61 Å². The molecule has 1 unspecified atom stereocenters. The highest BCUT2D eigenvalue weighted by atomic mass is 16.6. The van der Waals surface area contributed by atoms with Crippen molar-refractivity contribution >= 4 is 12.1 Å². The van der Waals surface area contributed by atoms with E-state index in [0.29, 0.717) is 19.4 Å². The second-order valence-corrected chi connectivity index (χ2v) is 3.49. The van der Waals surface area contributed by atoms with E-state index in [1.807, 2.05) is 0 Å². The molecule has 16 heavy (non-hydrogen) atoms. The third-order valence-corrected chi connectivity index (χ3v) is 2.34. The maximum Gasteiger partial charge on any atom is 0.407 e. The predicted octanol–water partition coefficient (Wildman–Crippen LogP) is 0.532. The monoisotopic (exact) mass is 229 g/mol. The van der Waals surface area contributed by atoms with Crippen LogP contribution in [-0.2, 0) is 14.3 Å². The predicted molar refractivity (Wildman–Crippen MR) is 55.1 cm³/mol. The molecular weight excluding hydrogens is 214 g/mol. The van der Waals surface area contributed by atoms with E-state index < -0.39 is 17.7 Å². The molecule has 0 bridgehead atoms. The van der Waals surface area contributed by atoms with Crippen molar-refractivity contribution in [1.29, 1.82) is 0 Å². The molecule has 1 aliphatic rings. The Kier molecular flexibility index (Phi) is 4.30. The van der Waals surface area contributed by atoms with E-state index in [2.05, 4.69) is 16.6 Å². The fourth-order valence-corrected chi connectivity index (χ4v) is 1.48. The number of hydrogen-bond acceptors (Lipinski definition) is 4. The number of carboxylic acid groups (broad SMARTS) is 1. The van der Waals surface area contributed by atoms with Crippen LogP contribution >= 0.6 is 0 Å². The number of rotatable bonds is 5. The average molecular weight is 229 g/mol. The number of ether oxygens (including phenoxy) is 2. The van der Waals surface area contributed by atoms with Crippen LogP contribution in [0.4, 0.5) is 4.79 Å². The zero-order valence-corrected chi connectivity index (χ0v) is 8.90. The zero-order chi connectivity index (χ0) is 12.0. The summed E-state index contributed by atoms with van der Waals surface area (Å²) in [5, 5.41) is 11.4. The van der Waals surface area contributed by atoms with Crippen LogP contribution in [0.2, 0.25) is 0 Å². The summed E-state index contributed by atoms with van der Waals surface area (Å²) in [6.45, 7) is 3.79. The van der Waals surface area contributed by atoms with E-state index in [1.54, 1.807) is 0 Å². The zero-order valence-electron chi connectivity index (χ0n) is 8.90. The van der Waals surface area contributed by atoms with Gasteiger partial charge in [0.05, 0.1) is 6.54 Å². The third kappa shape index (κ3) is 2.96. The third-order valence-electron chi connectivity index (χ3n) is 2.34. The Labute approximate surface area is 93.2 Å². The maximum absolute atomic E-state index is 11.1. The highest BCUT2D eigenvalue weighted by Crippen LogP contribution is 2.25. The van der Waals surface area contributed by atoms with Crippen LogP contribution in [0.25, 0.3) is 0 Å². The van der Waals surface area contributed by atoms with Crippen molar-refractivity contribution in [2.24, 2.45) is 0 Å². The maximum atomic E-state index is 11.1. The van der Waals surface area contributed by atoms with Crippen molar-refractivity contribution in [2.75, 3.05) is 19.8 Å². The fourth-order valence-electron chi connectivity index (χ4n) is 1.48. The molecule has 0 aliphatic carbocycles. The minimum Gasteiger partial charge on any atom is -0.479 e. The lowest BCUT2D eigenvalue weighted by atomic mass is 10.0. The SMILES string of the molecule is C=CCOC(=O)NCC1(C(=O)O)CCCO1. The highest BCUT2D eigenvalue weighted by Gasteiger charge is 2.43. The lowest BCUT2D eigenvalue weighted by Crippen LogP contribution is -2.48. The molecule has 0 spiro atoms. The summed E-state index contributed by atoms with van der Waals surface area (Å²) in [4.78, 5) is 22.1. The Morgan fingerprint density at radius 1 is 1.62 bits per heavy atom. The van der Waals surface area contributed by atoms with E-state index >= 15 is 0 Å². The van der Waals surface area contributed by atoms with Crippen LogP contribution in [0.5, 0.6) is 0 Å². The van der Waals surface area contributed by atoms with Crippen LogP contribution < -0.4 is 5.32 Å². The van der Waals surface area contributed by atoms with E-state index in [1.165, 1.54) is 6.08 Å². The van der Waals surface area contributed by atoms with Gasteiger partial charge >= 0.3 is 12.1 Å². The first-order chi connectivity index (χ1) is 7.60. The second kappa shape index (κ2) is 5.50. The molecular formula is C10H15NO5. The van der Waals surface area contributed by atoms with E-state index in [9.17, 15) is 9.59 Å². The molecule has 1 rings (SSSR count). The molecule has 6 nitrogen and oxygen atoms in total. The van der Waals surface area contributed by atoms with Crippen molar-refractivity contribution in [1.82, 2.24) is 5.32 Å². The van der Waals surface area contributed by atoms with Crippen molar-refractivity contribution in [3.63, 3.8) is 0 Å². The molecule has 6 heteroatoms. The summed E-state index contributed by atoms with van der Waals surface area (Å²) >= 11 is 0. The Balaban J connectivity index is 2.42. The Bertz CT molecular complexity index is 283. The number of hydrogen-bond donors (Lipinski definition) is 2. The van der Waals surface area contributed by atoms with Crippen molar-refractivity contribution < 1.29 is 24.2 Å². The van der Waals surface area contributed by atoms with Gasteiger partial charge in [0.15, 0.2) is 5.60 Å². The van der Waals surface area contributed by atoms with E-state index in [-0.39, 0.29) is 13.2 Å². The number of amides is 1. The molecule has 1 aliphatic heterocycles. The number of aliphatic carboxylic acids is 1. The largest absolute Gasteiger partial charge is 0.479 e. The number of alkyl carbamates (subject to hydrolysis) is 1. The quantitative estimate of drug-likeness (QED) is 0.672. The number of carboxylic acids is 1. The first-order valence-corrected chi connectivity index (χ1v) is 4.99. The summed E-state index contributed by atoms with van der Waals surface area (Å²) in [5.74, 6) is -1.06. The molecule has 1 heterocycles. The second-order valence-electron chi connectivity index (χ2n) is 3.49. The number of carbonyl (C=O) groups excluding carboxylic acids is 1. The Hall–Kier alpha value is -1.56. The molecule has 1 amide bonds. The van der Waals surface area contributed by atoms with E-state index in [4.69, 9.17) is 9.84 Å². The summed E-state index contributed by atoms with van der Waals surface area (Å²) in [5.41, 5.74) is -1.30. The molecule has 0 aromatic rings. The lowest BCUT2D eigenvalue weighted by molar-refractivity contribution is -0.159. The first kappa shape index (κ1) is 12.5. The fraction of sp³-hybridized carbons (Fsp3) is 0.600. The molecule has 2 N–H and O–H groups in total. The van der Waals surface area contributed by atoms with Gasteiger partial charge in [0.1, 0.15) is 6.61 Å². The van der Waals surface area contributed by atoms with Gasteiger partial charge in [-0.3, -0.25) is 0 Å². The van der Waals surface area contributed by atoms with Gasteiger partial charge in [-0.15, -0.1) is 0 Å². The molecule has 1 saturated heterocycles. The van der Waals surface area contributed by atoms with Crippen LogP contribution in [-0.4, -0.2) is 42.5 Å². The molecule has 0 saturated carbocycles. The van der Waals surface area contributed by atoms with Crippen LogP contribution in [0.3, 0.4) is 0 Å². The molecule has 90 valence electrons. The van der Waals surface area contributed by atoms with Gasteiger partial charge in [-0.05, 0) is 12.8 Å². The molecule has 0 aromatic heterocycles. The topological polar surface area (TPSA) is 84.9 Å².